The van der Waals surface area contributed by atoms with E-state index < -0.39 is 10.0 Å². The second-order valence-corrected chi connectivity index (χ2v) is 9.27. The Morgan fingerprint density at radius 1 is 1.38 bits per heavy atom. The molecular weight excluding hydrogens is 459 g/mol. The molecule has 9 heteroatoms. The molecular formula is C15H25IN4O2S2. The standard InChI is InChI=1S/C15H24N4O2S2.HI/c1-16-14(19-10-7-15(12-19)5-3-6-15)17-8-9-18-23(20,21)13-4-2-11-22-13;/h2,4,11,18H,3,5-10,12H2,1H3,(H,16,17);1H. The molecule has 0 radical (unpaired) electrons. The number of halogens is 1. The fraction of sp³-hybridized carbons (Fsp3) is 0.667. The number of nitrogens with zero attached hydrogens (tertiary/aromatic N) is 2. The summed E-state index contributed by atoms with van der Waals surface area (Å²) in [5, 5.41) is 5.03. The van der Waals surface area contributed by atoms with Crippen molar-refractivity contribution in [2.24, 2.45) is 10.4 Å². The molecule has 1 saturated heterocycles. The Bertz CT molecular complexity index is 657. The van der Waals surface area contributed by atoms with Crippen molar-refractivity contribution < 1.29 is 8.42 Å². The minimum absolute atomic E-state index is 0. The molecule has 1 aliphatic heterocycles. The molecule has 2 fully saturated rings. The van der Waals surface area contributed by atoms with Gasteiger partial charge in [-0.05, 0) is 36.1 Å². The van der Waals surface area contributed by atoms with Crippen LogP contribution in [0.1, 0.15) is 25.7 Å². The number of rotatable bonds is 5. The van der Waals surface area contributed by atoms with Crippen molar-refractivity contribution in [2.45, 2.75) is 29.9 Å². The molecule has 24 heavy (non-hydrogen) atoms. The highest BCUT2D eigenvalue weighted by Crippen LogP contribution is 2.47. The molecule has 0 aromatic carbocycles. The van der Waals surface area contributed by atoms with Gasteiger partial charge >= 0.3 is 0 Å². The van der Waals surface area contributed by atoms with Gasteiger partial charge in [0.25, 0.3) is 0 Å². The maximum Gasteiger partial charge on any atom is 0.250 e. The molecule has 1 aliphatic carbocycles. The molecule has 2 heterocycles. The lowest BCUT2D eigenvalue weighted by Crippen LogP contribution is -2.44. The highest BCUT2D eigenvalue weighted by atomic mass is 127. The first-order valence-corrected chi connectivity index (χ1v) is 10.4. The summed E-state index contributed by atoms with van der Waals surface area (Å²) in [7, 11) is -1.60. The van der Waals surface area contributed by atoms with Gasteiger partial charge in [-0.15, -0.1) is 35.3 Å². The number of hydrogen-bond donors (Lipinski definition) is 2. The average Bonchev–Trinajstić information content (AvgIpc) is 3.16. The molecule has 0 amide bonds. The Morgan fingerprint density at radius 2 is 2.17 bits per heavy atom. The van der Waals surface area contributed by atoms with Crippen LogP contribution < -0.4 is 10.0 Å². The van der Waals surface area contributed by atoms with E-state index in [1.54, 1.807) is 24.6 Å². The normalized spacial score (nSPS) is 19.9. The molecule has 0 bridgehead atoms. The fourth-order valence-electron chi connectivity index (χ4n) is 3.38. The number of sulfonamides is 1. The fourth-order valence-corrected chi connectivity index (χ4v) is 5.45. The van der Waals surface area contributed by atoms with Crippen molar-refractivity contribution >= 4 is 51.3 Å². The first kappa shape index (κ1) is 19.9. The predicted molar refractivity (Wildman–Crippen MR) is 109 cm³/mol. The van der Waals surface area contributed by atoms with Gasteiger partial charge < -0.3 is 10.2 Å². The maximum absolute atomic E-state index is 12.0. The molecule has 1 saturated carbocycles. The van der Waals surface area contributed by atoms with Crippen LogP contribution in [0.3, 0.4) is 0 Å². The van der Waals surface area contributed by atoms with Crippen LogP contribution in [0.25, 0.3) is 0 Å². The Labute approximate surface area is 165 Å². The van der Waals surface area contributed by atoms with Gasteiger partial charge in [0, 0.05) is 33.2 Å². The monoisotopic (exact) mass is 484 g/mol. The van der Waals surface area contributed by atoms with E-state index in [1.807, 2.05) is 0 Å². The summed E-state index contributed by atoms with van der Waals surface area (Å²) in [6.45, 7) is 2.99. The van der Waals surface area contributed by atoms with Crippen molar-refractivity contribution in [1.82, 2.24) is 14.9 Å². The van der Waals surface area contributed by atoms with Crippen LogP contribution in [-0.2, 0) is 10.0 Å². The number of hydrogen-bond acceptors (Lipinski definition) is 4. The molecule has 3 rings (SSSR count). The van der Waals surface area contributed by atoms with E-state index in [4.69, 9.17) is 0 Å². The highest BCUT2D eigenvalue weighted by Gasteiger charge is 2.43. The van der Waals surface area contributed by atoms with Crippen LogP contribution in [0.4, 0.5) is 0 Å². The Hall–Kier alpha value is -0.390. The minimum atomic E-state index is -3.38. The van der Waals surface area contributed by atoms with Gasteiger partial charge in [0.2, 0.25) is 10.0 Å². The number of nitrogens with one attached hydrogen (secondary N) is 2. The Balaban J connectivity index is 0.00000208. The van der Waals surface area contributed by atoms with Crippen molar-refractivity contribution in [3.8, 4) is 0 Å². The van der Waals surface area contributed by atoms with Crippen LogP contribution in [0, 0.1) is 5.41 Å². The third-order valence-corrected chi connectivity index (χ3v) is 7.68. The zero-order valence-corrected chi connectivity index (χ0v) is 17.8. The first-order chi connectivity index (χ1) is 11.0. The van der Waals surface area contributed by atoms with Crippen LogP contribution in [0.2, 0.25) is 0 Å². The van der Waals surface area contributed by atoms with Crippen LogP contribution in [0.5, 0.6) is 0 Å². The summed E-state index contributed by atoms with van der Waals surface area (Å²) in [6, 6.07) is 3.35. The average molecular weight is 484 g/mol. The summed E-state index contributed by atoms with van der Waals surface area (Å²) < 4.78 is 27.0. The summed E-state index contributed by atoms with van der Waals surface area (Å²) >= 11 is 1.22. The van der Waals surface area contributed by atoms with E-state index in [1.165, 1.54) is 37.0 Å². The summed E-state index contributed by atoms with van der Waals surface area (Å²) in [5.41, 5.74) is 0.526. The quantitative estimate of drug-likeness (QED) is 0.291. The largest absolute Gasteiger partial charge is 0.355 e. The molecule has 2 N–H and O–H groups in total. The maximum atomic E-state index is 12.0. The Kier molecular flexibility index (Phi) is 6.91. The lowest BCUT2D eigenvalue weighted by molar-refractivity contribution is 0.151. The lowest BCUT2D eigenvalue weighted by atomic mass is 9.68. The molecule has 1 aromatic heterocycles. The lowest BCUT2D eigenvalue weighted by Gasteiger charge is -2.38. The van der Waals surface area contributed by atoms with Crippen LogP contribution >= 0.6 is 35.3 Å². The summed E-state index contributed by atoms with van der Waals surface area (Å²) in [5.74, 6) is 0.879. The second kappa shape index (κ2) is 8.33. The van der Waals surface area contributed by atoms with Gasteiger partial charge in [0.15, 0.2) is 5.96 Å². The second-order valence-electron chi connectivity index (χ2n) is 6.33. The van der Waals surface area contributed by atoms with Gasteiger partial charge in [-0.3, -0.25) is 4.99 Å². The van der Waals surface area contributed by atoms with Gasteiger partial charge in [-0.1, -0.05) is 12.5 Å². The van der Waals surface area contributed by atoms with Crippen molar-refractivity contribution in [3.63, 3.8) is 0 Å². The zero-order chi connectivity index (χ0) is 16.3. The van der Waals surface area contributed by atoms with Crippen LogP contribution in [0.15, 0.2) is 26.7 Å². The van der Waals surface area contributed by atoms with E-state index in [0.717, 1.165) is 19.0 Å². The van der Waals surface area contributed by atoms with E-state index in [0.29, 0.717) is 22.7 Å². The molecule has 2 aliphatic rings. The van der Waals surface area contributed by atoms with Gasteiger partial charge in [-0.25, -0.2) is 13.1 Å². The van der Waals surface area contributed by atoms with E-state index in [9.17, 15) is 8.42 Å². The van der Waals surface area contributed by atoms with Gasteiger partial charge in [0.1, 0.15) is 4.21 Å². The molecule has 136 valence electrons. The molecule has 0 atom stereocenters. The molecule has 1 aromatic rings. The van der Waals surface area contributed by atoms with Crippen molar-refractivity contribution in [2.75, 3.05) is 33.2 Å². The molecule has 1 spiro atoms. The highest BCUT2D eigenvalue weighted by molar-refractivity contribution is 14.0. The number of thiophene rings is 1. The van der Waals surface area contributed by atoms with Crippen molar-refractivity contribution in [1.29, 1.82) is 0 Å². The van der Waals surface area contributed by atoms with Gasteiger partial charge in [0.05, 0.1) is 0 Å². The molecule has 6 nitrogen and oxygen atoms in total. The number of likely N-dealkylation sites (tertiary alicyclic amines) is 1. The third-order valence-electron chi connectivity index (χ3n) is 4.82. The SMILES string of the molecule is CN=C(NCCNS(=O)(=O)c1cccs1)N1CCC2(CCC2)C1.I. The minimum Gasteiger partial charge on any atom is -0.355 e. The topological polar surface area (TPSA) is 73.8 Å². The predicted octanol–water partition coefficient (Wildman–Crippen LogP) is 2.10. The van der Waals surface area contributed by atoms with E-state index >= 15 is 0 Å². The number of guanidine groups is 1. The summed E-state index contributed by atoms with van der Waals surface area (Å²) in [4.78, 5) is 6.63. The zero-order valence-electron chi connectivity index (χ0n) is 13.8. The number of aliphatic imine (C=N–C) groups is 1. The van der Waals surface area contributed by atoms with Crippen LogP contribution in [-0.4, -0.2) is 52.5 Å². The smallest absolute Gasteiger partial charge is 0.250 e. The van der Waals surface area contributed by atoms with Gasteiger partial charge in [-0.2, -0.15) is 0 Å². The molecule has 0 unspecified atom stereocenters. The first-order valence-electron chi connectivity index (χ1n) is 8.03. The van der Waals surface area contributed by atoms with E-state index in [2.05, 4.69) is 19.9 Å². The summed E-state index contributed by atoms with van der Waals surface area (Å²) in [6.07, 6.45) is 5.27. The van der Waals surface area contributed by atoms with E-state index in [-0.39, 0.29) is 24.0 Å². The third kappa shape index (κ3) is 4.41. The van der Waals surface area contributed by atoms with Crippen molar-refractivity contribution in [3.05, 3.63) is 17.5 Å². The Morgan fingerprint density at radius 3 is 2.71 bits per heavy atom.